The van der Waals surface area contributed by atoms with Gasteiger partial charge in [0, 0.05) is 40.3 Å². The summed E-state index contributed by atoms with van der Waals surface area (Å²) in [6.07, 6.45) is 3.51. The lowest BCUT2D eigenvalue weighted by Crippen LogP contribution is -2.51. The third-order valence-electron chi connectivity index (χ3n) is 3.97. The number of hydrogen-bond acceptors (Lipinski definition) is 6. The summed E-state index contributed by atoms with van der Waals surface area (Å²) in [7, 11) is 4.15. The Bertz CT molecular complexity index is 594. The molecule has 1 aliphatic rings. The predicted molar refractivity (Wildman–Crippen MR) is 90.3 cm³/mol. The van der Waals surface area contributed by atoms with Crippen molar-refractivity contribution < 1.29 is 4.74 Å². The van der Waals surface area contributed by atoms with Crippen LogP contribution in [0.1, 0.15) is 5.56 Å². The molecule has 3 rings (SSSR count). The zero-order valence-electron chi connectivity index (χ0n) is 13.7. The number of nitrogens with zero attached hydrogens (tertiary/aromatic N) is 5. The summed E-state index contributed by atoms with van der Waals surface area (Å²) in [5, 5.41) is 4.45. The second kappa shape index (κ2) is 7.39. The van der Waals surface area contributed by atoms with E-state index >= 15 is 0 Å². The maximum Gasteiger partial charge on any atom is 0.225 e. The van der Waals surface area contributed by atoms with Crippen LogP contribution in [0.3, 0.4) is 0 Å². The van der Waals surface area contributed by atoms with E-state index in [0.29, 0.717) is 12.4 Å². The quantitative estimate of drug-likeness (QED) is 0.836. The van der Waals surface area contributed by atoms with Crippen molar-refractivity contribution >= 4 is 5.95 Å². The van der Waals surface area contributed by atoms with Crippen LogP contribution in [0.25, 0.3) is 0 Å². The van der Waals surface area contributed by atoms with Crippen molar-refractivity contribution in [2.75, 3.05) is 45.2 Å². The first kappa shape index (κ1) is 15.7. The monoisotopic (exact) mass is 313 g/mol. The number of ether oxygens (including phenoxy) is 1. The average molecular weight is 313 g/mol. The normalized spacial score (nSPS) is 15.9. The molecule has 122 valence electrons. The predicted octanol–water partition coefficient (Wildman–Crippen LogP) is 1.65. The molecule has 23 heavy (non-hydrogen) atoms. The molecule has 0 radical (unpaired) electrons. The fourth-order valence-electron chi connectivity index (χ4n) is 2.58. The second-order valence-corrected chi connectivity index (χ2v) is 5.78. The molecule has 0 amide bonds. The highest BCUT2D eigenvalue weighted by Crippen LogP contribution is 2.15. The molecule has 0 saturated carbocycles. The van der Waals surface area contributed by atoms with E-state index in [0.717, 1.165) is 37.7 Å². The van der Waals surface area contributed by atoms with Gasteiger partial charge in [-0.25, -0.2) is 20.0 Å². The summed E-state index contributed by atoms with van der Waals surface area (Å²) in [6.45, 7) is 4.38. The lowest BCUT2D eigenvalue weighted by Gasteiger charge is -2.37. The maximum absolute atomic E-state index is 5.72. The van der Waals surface area contributed by atoms with Gasteiger partial charge in [-0.2, -0.15) is 0 Å². The van der Waals surface area contributed by atoms with Crippen LogP contribution in [0.5, 0.6) is 5.75 Å². The minimum Gasteiger partial charge on any atom is -0.486 e. The van der Waals surface area contributed by atoms with Gasteiger partial charge in [0.2, 0.25) is 5.95 Å². The van der Waals surface area contributed by atoms with Crippen LogP contribution in [-0.2, 0) is 6.61 Å². The smallest absolute Gasteiger partial charge is 0.225 e. The Labute approximate surface area is 137 Å². The zero-order chi connectivity index (χ0) is 16.1. The molecule has 6 nitrogen and oxygen atoms in total. The number of anilines is 1. The van der Waals surface area contributed by atoms with Crippen LogP contribution in [0, 0.1) is 0 Å². The molecule has 1 fully saturated rings. The Kier molecular flexibility index (Phi) is 5.05. The molecule has 0 atom stereocenters. The SMILES string of the molecule is CN(C)N1CCN(c2ncc(OCc3ccccc3)cn2)CC1. The topological polar surface area (TPSA) is 44.7 Å². The molecule has 0 bridgehead atoms. The van der Waals surface area contributed by atoms with Crippen molar-refractivity contribution in [1.82, 2.24) is 20.0 Å². The summed E-state index contributed by atoms with van der Waals surface area (Å²) >= 11 is 0. The van der Waals surface area contributed by atoms with E-state index in [1.807, 2.05) is 30.3 Å². The van der Waals surface area contributed by atoms with Crippen LogP contribution in [-0.4, -0.2) is 60.3 Å². The average Bonchev–Trinajstić information content (AvgIpc) is 2.61. The Morgan fingerprint density at radius 3 is 2.26 bits per heavy atom. The maximum atomic E-state index is 5.72. The largest absolute Gasteiger partial charge is 0.486 e. The van der Waals surface area contributed by atoms with E-state index in [-0.39, 0.29) is 0 Å². The first-order chi connectivity index (χ1) is 11.2. The van der Waals surface area contributed by atoms with Crippen molar-refractivity contribution in [2.24, 2.45) is 0 Å². The number of hydrogen-bond donors (Lipinski definition) is 0. The number of piperazine rings is 1. The van der Waals surface area contributed by atoms with Gasteiger partial charge in [0.1, 0.15) is 6.61 Å². The van der Waals surface area contributed by atoms with Crippen molar-refractivity contribution in [1.29, 1.82) is 0 Å². The van der Waals surface area contributed by atoms with Gasteiger partial charge in [0.25, 0.3) is 0 Å². The van der Waals surface area contributed by atoms with E-state index in [4.69, 9.17) is 4.74 Å². The minimum atomic E-state index is 0.533. The fourth-order valence-corrected chi connectivity index (χ4v) is 2.58. The van der Waals surface area contributed by atoms with Gasteiger partial charge in [-0.15, -0.1) is 0 Å². The highest BCUT2D eigenvalue weighted by Gasteiger charge is 2.19. The molecule has 2 heterocycles. The van der Waals surface area contributed by atoms with Gasteiger partial charge < -0.3 is 9.64 Å². The van der Waals surface area contributed by atoms with E-state index < -0.39 is 0 Å². The summed E-state index contributed by atoms with van der Waals surface area (Å²) in [4.78, 5) is 11.1. The van der Waals surface area contributed by atoms with E-state index in [9.17, 15) is 0 Å². The summed E-state index contributed by atoms with van der Waals surface area (Å²) in [5.74, 6) is 1.47. The van der Waals surface area contributed by atoms with Gasteiger partial charge in [-0.05, 0) is 5.56 Å². The summed E-state index contributed by atoms with van der Waals surface area (Å²) in [5.41, 5.74) is 1.14. The molecule has 0 aliphatic carbocycles. The number of hydrazine groups is 1. The summed E-state index contributed by atoms with van der Waals surface area (Å²) < 4.78 is 5.72. The van der Waals surface area contributed by atoms with Crippen molar-refractivity contribution in [3.63, 3.8) is 0 Å². The number of rotatable bonds is 5. The molecular formula is C17H23N5O. The van der Waals surface area contributed by atoms with Crippen molar-refractivity contribution in [3.8, 4) is 5.75 Å². The van der Waals surface area contributed by atoms with Gasteiger partial charge in [-0.1, -0.05) is 30.3 Å². The van der Waals surface area contributed by atoms with E-state index in [2.05, 4.69) is 39.0 Å². The lowest BCUT2D eigenvalue weighted by molar-refractivity contribution is 0.0198. The molecule has 2 aromatic rings. The Morgan fingerprint density at radius 1 is 1.00 bits per heavy atom. The van der Waals surface area contributed by atoms with Gasteiger partial charge in [-0.3, -0.25) is 0 Å². The molecule has 1 aromatic heterocycles. The fraction of sp³-hybridized carbons (Fsp3) is 0.412. The molecular weight excluding hydrogens is 290 g/mol. The van der Waals surface area contributed by atoms with E-state index in [1.165, 1.54) is 0 Å². The Morgan fingerprint density at radius 2 is 1.65 bits per heavy atom. The molecule has 6 heteroatoms. The molecule has 0 spiro atoms. The van der Waals surface area contributed by atoms with Gasteiger partial charge >= 0.3 is 0 Å². The molecule has 0 unspecified atom stereocenters. The molecule has 0 N–H and O–H groups in total. The molecule has 1 aromatic carbocycles. The first-order valence-corrected chi connectivity index (χ1v) is 7.88. The van der Waals surface area contributed by atoms with Crippen LogP contribution >= 0.6 is 0 Å². The Hall–Kier alpha value is -2.18. The number of benzene rings is 1. The van der Waals surface area contributed by atoms with Crippen molar-refractivity contribution in [3.05, 3.63) is 48.3 Å². The Balaban J connectivity index is 1.53. The van der Waals surface area contributed by atoms with Crippen molar-refractivity contribution in [2.45, 2.75) is 6.61 Å². The lowest BCUT2D eigenvalue weighted by atomic mass is 10.2. The van der Waals surface area contributed by atoms with Gasteiger partial charge in [0.05, 0.1) is 12.4 Å². The standard InChI is InChI=1S/C17H23N5O/c1-20(2)22-10-8-21(9-11-22)17-18-12-16(13-19-17)23-14-15-6-4-3-5-7-15/h3-7,12-13H,8-11,14H2,1-2H3. The third kappa shape index (κ3) is 4.18. The van der Waals surface area contributed by atoms with Crippen LogP contribution in [0.2, 0.25) is 0 Å². The number of aromatic nitrogens is 2. The summed E-state index contributed by atoms with van der Waals surface area (Å²) in [6, 6.07) is 10.1. The minimum absolute atomic E-state index is 0.533. The molecule has 1 saturated heterocycles. The van der Waals surface area contributed by atoms with E-state index in [1.54, 1.807) is 12.4 Å². The van der Waals surface area contributed by atoms with Crippen LogP contribution in [0.4, 0.5) is 5.95 Å². The van der Waals surface area contributed by atoms with Crippen LogP contribution in [0.15, 0.2) is 42.7 Å². The third-order valence-corrected chi connectivity index (χ3v) is 3.97. The van der Waals surface area contributed by atoms with Gasteiger partial charge in [0.15, 0.2) is 5.75 Å². The second-order valence-electron chi connectivity index (χ2n) is 5.78. The zero-order valence-corrected chi connectivity index (χ0v) is 13.7. The first-order valence-electron chi connectivity index (χ1n) is 7.88. The highest BCUT2D eigenvalue weighted by molar-refractivity contribution is 5.32. The van der Waals surface area contributed by atoms with Crippen LogP contribution < -0.4 is 9.64 Å². The molecule has 1 aliphatic heterocycles. The highest BCUT2D eigenvalue weighted by atomic mass is 16.5.